The number of nitrogens with one attached hydrogen (secondary N) is 6. The molecule has 0 aliphatic carbocycles. The molecule has 0 atom stereocenters. The number of ketones is 1. The average molecular weight is 746 g/mol. The molecule has 1 heterocycles. The van der Waals surface area contributed by atoms with Gasteiger partial charge in [-0.25, -0.2) is 5.53 Å². The molecule has 1 aliphatic heterocycles. The normalized spacial score (nSPS) is 12.2. The molecule has 296 valence electrons. The fourth-order valence-electron chi connectivity index (χ4n) is 5.01. The summed E-state index contributed by atoms with van der Waals surface area (Å²) in [6, 6.07) is 0. The van der Waals surface area contributed by atoms with Crippen molar-refractivity contribution in [3.05, 3.63) is 0 Å². The highest BCUT2D eigenvalue weighted by molar-refractivity contribution is 7.97. The highest BCUT2D eigenvalue weighted by Crippen LogP contribution is 2.14. The molecule has 0 aromatic rings. The predicted molar refractivity (Wildman–Crippen MR) is 201 cm³/mol. The van der Waals surface area contributed by atoms with Crippen molar-refractivity contribution in [2.45, 2.75) is 122 Å². The van der Waals surface area contributed by atoms with Crippen LogP contribution in [-0.2, 0) is 38.1 Å². The van der Waals surface area contributed by atoms with Crippen molar-refractivity contribution < 1.29 is 38.1 Å². The SMILES string of the molecule is CC(=O)COCCOCCNC(=O)COCCOCCNC(=O)CCCSNC(=O)CCCCCCCCCCCCCCCCC1=NNNN1. The van der Waals surface area contributed by atoms with Crippen LogP contribution in [0.5, 0.6) is 0 Å². The minimum absolute atomic E-state index is 0.0346. The molecule has 0 fully saturated rings. The average Bonchev–Trinajstić information content (AvgIpc) is 3.63. The van der Waals surface area contributed by atoms with Crippen molar-refractivity contribution in [2.24, 2.45) is 5.10 Å². The number of amides is 3. The van der Waals surface area contributed by atoms with Crippen LogP contribution in [0.25, 0.3) is 0 Å². The molecule has 0 unspecified atom stereocenters. The number of rotatable bonds is 38. The Morgan fingerprint density at radius 3 is 1.67 bits per heavy atom. The highest BCUT2D eigenvalue weighted by atomic mass is 32.2. The second-order valence-electron chi connectivity index (χ2n) is 12.6. The number of hydrogen-bond acceptors (Lipinski definition) is 13. The van der Waals surface area contributed by atoms with Crippen LogP contribution in [0.1, 0.15) is 122 Å². The molecule has 0 spiro atoms. The van der Waals surface area contributed by atoms with Gasteiger partial charge in [-0.3, -0.25) is 24.6 Å². The molecule has 0 aromatic heterocycles. The van der Waals surface area contributed by atoms with Crippen LogP contribution in [-0.4, -0.2) is 101 Å². The quantitative estimate of drug-likeness (QED) is 0.0399. The van der Waals surface area contributed by atoms with Crippen LogP contribution in [0.2, 0.25) is 0 Å². The minimum atomic E-state index is -0.247. The summed E-state index contributed by atoms with van der Waals surface area (Å²) in [6.07, 6.45) is 20.2. The monoisotopic (exact) mass is 745 g/mol. The van der Waals surface area contributed by atoms with Gasteiger partial charge in [-0.15, -0.1) is 10.6 Å². The summed E-state index contributed by atoms with van der Waals surface area (Å²) in [5.41, 5.74) is 8.45. The van der Waals surface area contributed by atoms with Crippen LogP contribution in [0, 0.1) is 0 Å². The van der Waals surface area contributed by atoms with Gasteiger partial charge in [0.05, 0.1) is 39.6 Å². The Hall–Kier alpha value is -2.50. The first kappa shape index (κ1) is 46.5. The summed E-state index contributed by atoms with van der Waals surface area (Å²) >= 11 is 1.37. The number of amidine groups is 1. The fraction of sp³-hybridized carbons (Fsp3) is 0.857. The van der Waals surface area contributed by atoms with E-state index in [0.717, 1.165) is 25.1 Å². The summed E-state index contributed by atoms with van der Waals surface area (Å²) in [5, 5.41) is 9.58. The molecule has 16 heteroatoms. The second kappa shape index (κ2) is 35.9. The maximum atomic E-state index is 12.1. The van der Waals surface area contributed by atoms with Gasteiger partial charge < -0.3 is 34.3 Å². The lowest BCUT2D eigenvalue weighted by molar-refractivity contribution is -0.127. The van der Waals surface area contributed by atoms with Crippen LogP contribution >= 0.6 is 11.9 Å². The smallest absolute Gasteiger partial charge is 0.246 e. The van der Waals surface area contributed by atoms with E-state index in [-0.39, 0.29) is 43.3 Å². The van der Waals surface area contributed by atoms with Crippen LogP contribution in [0.15, 0.2) is 5.10 Å². The largest absolute Gasteiger partial charge is 0.377 e. The molecular weight excluding hydrogens is 678 g/mol. The van der Waals surface area contributed by atoms with E-state index in [9.17, 15) is 19.2 Å². The number of hydrazine groups is 2. The van der Waals surface area contributed by atoms with Crippen LogP contribution in [0.4, 0.5) is 0 Å². The summed E-state index contributed by atoms with van der Waals surface area (Å²) in [4.78, 5) is 46.5. The van der Waals surface area contributed by atoms with Crippen LogP contribution in [0.3, 0.4) is 0 Å². The van der Waals surface area contributed by atoms with E-state index in [0.29, 0.717) is 71.1 Å². The molecule has 0 saturated carbocycles. The lowest BCUT2D eigenvalue weighted by Crippen LogP contribution is -2.34. The lowest BCUT2D eigenvalue weighted by Gasteiger charge is -2.08. The predicted octanol–water partition coefficient (Wildman–Crippen LogP) is 3.59. The van der Waals surface area contributed by atoms with E-state index in [2.05, 4.69) is 37.0 Å². The van der Waals surface area contributed by atoms with Gasteiger partial charge in [-0.2, -0.15) is 0 Å². The van der Waals surface area contributed by atoms with E-state index in [4.69, 9.17) is 18.9 Å². The van der Waals surface area contributed by atoms with E-state index in [1.165, 1.54) is 95.9 Å². The third-order valence-electron chi connectivity index (χ3n) is 7.78. The maximum Gasteiger partial charge on any atom is 0.246 e. The second-order valence-corrected chi connectivity index (χ2v) is 13.5. The number of carbonyl (C=O) groups is 4. The minimum Gasteiger partial charge on any atom is -0.377 e. The fourth-order valence-corrected chi connectivity index (χ4v) is 5.67. The third-order valence-corrected chi connectivity index (χ3v) is 8.64. The number of Topliss-reactive ketones (excluding diaryl/α,β-unsaturated/α-hetero) is 1. The Labute approximate surface area is 310 Å². The Morgan fingerprint density at radius 1 is 0.588 bits per heavy atom. The summed E-state index contributed by atoms with van der Waals surface area (Å²) in [6.45, 7) is 4.19. The number of nitrogens with zero attached hydrogens (tertiary/aromatic N) is 1. The summed E-state index contributed by atoms with van der Waals surface area (Å²) in [5.74, 6) is 1.42. The first-order chi connectivity index (χ1) is 25.0. The Bertz CT molecular complexity index is 933. The highest BCUT2D eigenvalue weighted by Gasteiger charge is 2.06. The van der Waals surface area contributed by atoms with Crippen molar-refractivity contribution in [1.29, 1.82) is 0 Å². The standard InChI is InChI=1S/C35H67N7O8S/c1-31(43)29-49-26-24-48-23-21-37-35(46)30-50-27-25-47-22-20-36-33(44)19-16-28-51-40-34(45)18-15-13-11-9-7-5-3-2-4-6-8-10-12-14-17-32-38-41-42-39-32/h41-42H,2-30H2,1H3,(H,36,44)(H,37,46)(H,38,39)(H,40,45). The first-order valence-corrected chi connectivity index (χ1v) is 20.0. The number of unbranched alkanes of at least 4 members (excludes halogenated alkanes) is 13. The zero-order valence-electron chi connectivity index (χ0n) is 31.1. The van der Waals surface area contributed by atoms with Gasteiger partial charge in [-0.1, -0.05) is 89.0 Å². The zero-order chi connectivity index (χ0) is 36.9. The van der Waals surface area contributed by atoms with E-state index in [1.807, 2.05) is 0 Å². The Morgan fingerprint density at radius 2 is 1.10 bits per heavy atom. The van der Waals surface area contributed by atoms with Crippen molar-refractivity contribution in [3.8, 4) is 0 Å². The van der Waals surface area contributed by atoms with Crippen molar-refractivity contribution in [3.63, 3.8) is 0 Å². The van der Waals surface area contributed by atoms with E-state index in [1.54, 1.807) is 0 Å². The molecular formula is C35H67N7O8S. The molecule has 6 N–H and O–H groups in total. The maximum absolute atomic E-state index is 12.1. The molecule has 15 nitrogen and oxygen atoms in total. The number of hydrogen-bond donors (Lipinski definition) is 6. The third kappa shape index (κ3) is 34.4. The van der Waals surface area contributed by atoms with Gasteiger partial charge in [0.1, 0.15) is 19.0 Å². The van der Waals surface area contributed by atoms with Gasteiger partial charge in [-0.05, 0) is 26.2 Å². The van der Waals surface area contributed by atoms with Gasteiger partial charge in [0.15, 0.2) is 5.78 Å². The van der Waals surface area contributed by atoms with E-state index < -0.39 is 0 Å². The van der Waals surface area contributed by atoms with Crippen LogP contribution < -0.4 is 31.9 Å². The number of ether oxygens (including phenoxy) is 4. The molecule has 51 heavy (non-hydrogen) atoms. The van der Waals surface area contributed by atoms with Crippen molar-refractivity contribution >= 4 is 41.3 Å². The molecule has 3 amide bonds. The molecule has 0 radical (unpaired) electrons. The van der Waals surface area contributed by atoms with Gasteiger partial charge in [0.2, 0.25) is 17.7 Å². The number of hydrazone groups is 1. The summed E-state index contributed by atoms with van der Waals surface area (Å²) < 4.78 is 23.9. The zero-order valence-corrected chi connectivity index (χ0v) is 31.9. The first-order valence-electron chi connectivity index (χ1n) is 19.0. The van der Waals surface area contributed by atoms with Gasteiger partial charge >= 0.3 is 0 Å². The topological polar surface area (TPSA) is 190 Å². The molecule has 1 rings (SSSR count). The van der Waals surface area contributed by atoms with Gasteiger partial charge in [0.25, 0.3) is 0 Å². The molecule has 0 bridgehead atoms. The number of carbonyl (C=O) groups excluding carboxylic acids is 4. The van der Waals surface area contributed by atoms with E-state index >= 15 is 0 Å². The van der Waals surface area contributed by atoms with Crippen molar-refractivity contribution in [1.82, 2.24) is 31.9 Å². The Kier molecular flexibility index (Phi) is 32.7. The molecule has 0 aromatic carbocycles. The van der Waals surface area contributed by atoms with Crippen molar-refractivity contribution in [2.75, 3.05) is 71.7 Å². The Balaban J connectivity index is 1.73. The molecule has 0 saturated heterocycles. The molecule has 1 aliphatic rings. The summed E-state index contributed by atoms with van der Waals surface area (Å²) in [7, 11) is 0. The lowest BCUT2D eigenvalue weighted by atomic mass is 10.0. The van der Waals surface area contributed by atoms with Gasteiger partial charge in [0, 0.05) is 38.1 Å².